The van der Waals surface area contributed by atoms with E-state index in [4.69, 9.17) is 0 Å². The average molecular weight is 212 g/mol. The summed E-state index contributed by atoms with van der Waals surface area (Å²) in [6, 6.07) is 0. The van der Waals surface area contributed by atoms with Crippen LogP contribution in [0.25, 0.3) is 0 Å². The predicted octanol–water partition coefficient (Wildman–Crippen LogP) is 1.68. The minimum atomic E-state index is 0.579. The third kappa shape index (κ3) is 3.41. The minimum absolute atomic E-state index is 0.579. The first kappa shape index (κ1) is 11.1. The summed E-state index contributed by atoms with van der Waals surface area (Å²) in [4.78, 5) is 8.37. The van der Waals surface area contributed by atoms with Gasteiger partial charge in [0.05, 0.1) is 12.4 Å². The van der Waals surface area contributed by atoms with E-state index in [1.807, 2.05) is 18.8 Å². The van der Waals surface area contributed by atoms with Gasteiger partial charge < -0.3 is 10.6 Å². The SMILES string of the molecule is CNc1cncc(NCC(C)SC)n1. The normalized spacial score (nSPS) is 12.2. The first-order valence-electron chi connectivity index (χ1n) is 4.52. The van der Waals surface area contributed by atoms with Crippen molar-refractivity contribution in [3.63, 3.8) is 0 Å². The lowest BCUT2D eigenvalue weighted by molar-refractivity contribution is 0.986. The summed E-state index contributed by atoms with van der Waals surface area (Å²) in [5.41, 5.74) is 0. The van der Waals surface area contributed by atoms with Crippen LogP contribution >= 0.6 is 11.8 Å². The molecule has 14 heavy (non-hydrogen) atoms. The minimum Gasteiger partial charge on any atom is -0.372 e. The second-order valence-corrected chi connectivity index (χ2v) is 4.24. The Kier molecular flexibility index (Phi) is 4.52. The molecule has 2 N–H and O–H groups in total. The molecule has 0 amide bonds. The van der Waals surface area contributed by atoms with E-state index >= 15 is 0 Å². The molecule has 1 heterocycles. The van der Waals surface area contributed by atoms with E-state index in [2.05, 4.69) is 33.8 Å². The molecule has 1 aromatic rings. The highest BCUT2D eigenvalue weighted by Gasteiger charge is 2.00. The van der Waals surface area contributed by atoms with Crippen LogP contribution in [-0.2, 0) is 0 Å². The number of thioether (sulfide) groups is 1. The Labute approximate surface area is 88.9 Å². The fourth-order valence-electron chi connectivity index (χ4n) is 0.903. The highest BCUT2D eigenvalue weighted by Crippen LogP contribution is 2.08. The van der Waals surface area contributed by atoms with Crippen molar-refractivity contribution in [1.82, 2.24) is 9.97 Å². The summed E-state index contributed by atoms with van der Waals surface area (Å²) >= 11 is 1.83. The smallest absolute Gasteiger partial charge is 0.146 e. The molecule has 1 aromatic heterocycles. The third-order valence-electron chi connectivity index (χ3n) is 1.86. The lowest BCUT2D eigenvalue weighted by Gasteiger charge is -2.10. The van der Waals surface area contributed by atoms with Crippen LogP contribution in [0.3, 0.4) is 0 Å². The van der Waals surface area contributed by atoms with Crippen LogP contribution in [0.15, 0.2) is 12.4 Å². The van der Waals surface area contributed by atoms with Crippen molar-refractivity contribution in [2.45, 2.75) is 12.2 Å². The summed E-state index contributed by atoms with van der Waals surface area (Å²) in [7, 11) is 1.83. The molecule has 0 aliphatic rings. The summed E-state index contributed by atoms with van der Waals surface area (Å²) < 4.78 is 0. The molecule has 1 atom stereocenters. The maximum Gasteiger partial charge on any atom is 0.146 e. The van der Waals surface area contributed by atoms with E-state index in [0.29, 0.717) is 5.25 Å². The molecule has 1 unspecified atom stereocenters. The monoisotopic (exact) mass is 212 g/mol. The first-order valence-corrected chi connectivity index (χ1v) is 5.81. The molecule has 0 aliphatic carbocycles. The van der Waals surface area contributed by atoms with Gasteiger partial charge in [-0.2, -0.15) is 11.8 Å². The van der Waals surface area contributed by atoms with Crippen molar-refractivity contribution in [3.8, 4) is 0 Å². The number of nitrogens with zero attached hydrogens (tertiary/aromatic N) is 2. The van der Waals surface area contributed by atoms with E-state index in [-0.39, 0.29) is 0 Å². The van der Waals surface area contributed by atoms with Gasteiger partial charge in [-0.25, -0.2) is 4.98 Å². The fraction of sp³-hybridized carbons (Fsp3) is 0.556. The number of rotatable bonds is 5. The molecule has 0 aliphatic heterocycles. The van der Waals surface area contributed by atoms with Gasteiger partial charge in [0.2, 0.25) is 0 Å². The van der Waals surface area contributed by atoms with Gasteiger partial charge in [0.1, 0.15) is 11.6 Å². The molecule has 0 radical (unpaired) electrons. The Morgan fingerprint density at radius 3 is 2.79 bits per heavy atom. The maximum atomic E-state index is 4.30. The van der Waals surface area contributed by atoms with Gasteiger partial charge in [-0.3, -0.25) is 4.98 Å². The summed E-state index contributed by atoms with van der Waals surface area (Å²) in [5.74, 6) is 1.60. The van der Waals surface area contributed by atoms with Crippen LogP contribution in [0.1, 0.15) is 6.92 Å². The van der Waals surface area contributed by atoms with Crippen molar-refractivity contribution < 1.29 is 0 Å². The van der Waals surface area contributed by atoms with E-state index in [1.165, 1.54) is 0 Å². The average Bonchev–Trinajstić information content (AvgIpc) is 2.26. The van der Waals surface area contributed by atoms with Crippen LogP contribution in [0, 0.1) is 0 Å². The molecular formula is C9H16N4S. The molecule has 78 valence electrons. The number of aromatic nitrogens is 2. The maximum absolute atomic E-state index is 4.30. The Balaban J connectivity index is 2.50. The van der Waals surface area contributed by atoms with Crippen molar-refractivity contribution >= 4 is 23.4 Å². The molecule has 4 nitrogen and oxygen atoms in total. The van der Waals surface area contributed by atoms with Crippen molar-refractivity contribution in [2.24, 2.45) is 0 Å². The van der Waals surface area contributed by atoms with Crippen LogP contribution in [0.2, 0.25) is 0 Å². The second-order valence-electron chi connectivity index (χ2n) is 2.97. The lowest BCUT2D eigenvalue weighted by Crippen LogP contribution is -2.13. The number of anilines is 2. The lowest BCUT2D eigenvalue weighted by atomic mass is 10.4. The summed E-state index contributed by atoms with van der Waals surface area (Å²) in [6.07, 6.45) is 5.53. The van der Waals surface area contributed by atoms with E-state index in [1.54, 1.807) is 12.4 Å². The number of hydrogen-bond acceptors (Lipinski definition) is 5. The second kappa shape index (κ2) is 5.70. The first-order chi connectivity index (χ1) is 6.76. The third-order valence-corrected chi connectivity index (χ3v) is 2.84. The predicted molar refractivity (Wildman–Crippen MR) is 63.0 cm³/mol. The molecule has 1 rings (SSSR count). The molecule has 0 bridgehead atoms. The Hall–Kier alpha value is -0.970. The highest BCUT2D eigenvalue weighted by atomic mass is 32.2. The van der Waals surface area contributed by atoms with Crippen LogP contribution < -0.4 is 10.6 Å². The largest absolute Gasteiger partial charge is 0.372 e. The summed E-state index contributed by atoms with van der Waals surface area (Å²) in [6.45, 7) is 3.08. The zero-order valence-electron chi connectivity index (χ0n) is 8.74. The Bertz CT molecular complexity index is 279. The Morgan fingerprint density at radius 2 is 2.14 bits per heavy atom. The fourth-order valence-corrected chi connectivity index (χ4v) is 1.15. The van der Waals surface area contributed by atoms with E-state index in [0.717, 1.165) is 18.2 Å². The topological polar surface area (TPSA) is 49.8 Å². The van der Waals surface area contributed by atoms with Gasteiger partial charge in [-0.05, 0) is 6.26 Å². The molecule has 0 aromatic carbocycles. The zero-order valence-corrected chi connectivity index (χ0v) is 9.56. The van der Waals surface area contributed by atoms with Crippen molar-refractivity contribution in [3.05, 3.63) is 12.4 Å². The Morgan fingerprint density at radius 1 is 1.43 bits per heavy atom. The molecule has 5 heteroatoms. The van der Waals surface area contributed by atoms with Crippen LogP contribution in [0.4, 0.5) is 11.6 Å². The highest BCUT2D eigenvalue weighted by molar-refractivity contribution is 7.99. The van der Waals surface area contributed by atoms with Gasteiger partial charge in [0.25, 0.3) is 0 Å². The van der Waals surface area contributed by atoms with Crippen molar-refractivity contribution in [1.29, 1.82) is 0 Å². The molecule has 0 fully saturated rings. The molecule has 0 saturated carbocycles. The summed E-state index contributed by atoms with van der Waals surface area (Å²) in [5, 5.41) is 6.76. The van der Waals surface area contributed by atoms with E-state index in [9.17, 15) is 0 Å². The van der Waals surface area contributed by atoms with Gasteiger partial charge in [-0.15, -0.1) is 0 Å². The molecule has 0 spiro atoms. The standard InChI is InChI=1S/C9H16N4S/c1-7(14-3)4-12-9-6-11-5-8(10-2)13-9/h5-7H,4H2,1-3H3,(H2,10,12,13). The van der Waals surface area contributed by atoms with Gasteiger partial charge in [0, 0.05) is 18.8 Å². The molecular weight excluding hydrogens is 196 g/mol. The van der Waals surface area contributed by atoms with Crippen LogP contribution in [0.5, 0.6) is 0 Å². The van der Waals surface area contributed by atoms with Crippen molar-refractivity contribution in [2.75, 3.05) is 30.5 Å². The zero-order chi connectivity index (χ0) is 10.4. The van der Waals surface area contributed by atoms with E-state index < -0.39 is 0 Å². The van der Waals surface area contributed by atoms with Crippen LogP contribution in [-0.4, -0.2) is 35.1 Å². The van der Waals surface area contributed by atoms with Gasteiger partial charge in [-0.1, -0.05) is 6.92 Å². The number of nitrogens with one attached hydrogen (secondary N) is 2. The van der Waals surface area contributed by atoms with Gasteiger partial charge in [0.15, 0.2) is 0 Å². The van der Waals surface area contributed by atoms with Gasteiger partial charge >= 0.3 is 0 Å². The molecule has 0 saturated heterocycles. The number of hydrogen-bond donors (Lipinski definition) is 2. The quantitative estimate of drug-likeness (QED) is 0.777.